The third kappa shape index (κ3) is 4.05. The standard InChI is InChI=1S/C21H25N3O3S/c1-15(25)23-8-6-17(7-9-23)24(13-19-11-22-14-28-19)12-18-10-16-4-3-5-20(26-2)21(16)27-18/h3-5,10-11,14,17H,6-9,12-13H2,1-2H3. The Balaban J connectivity index is 1.55. The third-order valence-electron chi connectivity index (χ3n) is 5.41. The zero-order valence-electron chi connectivity index (χ0n) is 16.3. The molecule has 0 bridgehead atoms. The van der Waals surface area contributed by atoms with Crippen molar-refractivity contribution in [3.63, 3.8) is 0 Å². The first kappa shape index (κ1) is 19.0. The lowest BCUT2D eigenvalue weighted by molar-refractivity contribution is -0.130. The van der Waals surface area contributed by atoms with E-state index in [9.17, 15) is 4.79 Å². The van der Waals surface area contributed by atoms with E-state index in [1.165, 1.54) is 4.88 Å². The Bertz CT molecular complexity index is 930. The van der Waals surface area contributed by atoms with Crippen LogP contribution in [0, 0.1) is 0 Å². The molecule has 1 aliphatic rings. The van der Waals surface area contributed by atoms with Crippen LogP contribution >= 0.6 is 11.3 Å². The van der Waals surface area contributed by atoms with Crippen LogP contribution in [0.15, 0.2) is 40.4 Å². The van der Waals surface area contributed by atoms with Gasteiger partial charge in [0, 0.05) is 49.1 Å². The molecule has 3 aromatic rings. The predicted octanol–water partition coefficient (Wildman–Crippen LogP) is 3.91. The largest absolute Gasteiger partial charge is 0.493 e. The van der Waals surface area contributed by atoms with Crippen molar-refractivity contribution in [2.24, 2.45) is 0 Å². The molecule has 7 heteroatoms. The highest BCUT2D eigenvalue weighted by molar-refractivity contribution is 7.09. The second-order valence-corrected chi connectivity index (χ2v) is 8.17. The van der Waals surface area contributed by atoms with Crippen LogP contribution in [0.1, 0.15) is 30.4 Å². The van der Waals surface area contributed by atoms with E-state index < -0.39 is 0 Å². The number of thiazole rings is 1. The summed E-state index contributed by atoms with van der Waals surface area (Å²) < 4.78 is 11.6. The maximum absolute atomic E-state index is 11.7. The fourth-order valence-corrected chi connectivity index (χ4v) is 4.53. The highest BCUT2D eigenvalue weighted by atomic mass is 32.1. The first-order chi connectivity index (χ1) is 13.6. The number of rotatable bonds is 6. The van der Waals surface area contributed by atoms with Gasteiger partial charge in [0.25, 0.3) is 0 Å². The molecule has 0 N–H and O–H groups in total. The number of carbonyl (C=O) groups is 1. The zero-order valence-corrected chi connectivity index (χ0v) is 17.1. The fourth-order valence-electron chi connectivity index (χ4n) is 3.91. The SMILES string of the molecule is COc1cccc2cc(CN(Cc3cncs3)C3CCN(C(C)=O)CC3)oc12. The van der Waals surface area contributed by atoms with Crippen LogP contribution in [-0.4, -0.2) is 46.9 Å². The van der Waals surface area contributed by atoms with Crippen LogP contribution in [0.2, 0.25) is 0 Å². The van der Waals surface area contributed by atoms with E-state index in [1.54, 1.807) is 25.4 Å². The number of carbonyl (C=O) groups excluding carboxylic acids is 1. The van der Waals surface area contributed by atoms with E-state index in [-0.39, 0.29) is 5.91 Å². The number of furan rings is 1. The van der Waals surface area contributed by atoms with Crippen molar-refractivity contribution in [1.82, 2.24) is 14.8 Å². The molecule has 1 fully saturated rings. The molecule has 0 atom stereocenters. The summed E-state index contributed by atoms with van der Waals surface area (Å²) in [6.45, 7) is 4.83. The predicted molar refractivity (Wildman–Crippen MR) is 109 cm³/mol. The molecule has 1 aliphatic heterocycles. The molecular weight excluding hydrogens is 374 g/mol. The van der Waals surface area contributed by atoms with Gasteiger partial charge in [-0.15, -0.1) is 11.3 Å². The van der Waals surface area contributed by atoms with Gasteiger partial charge in [-0.25, -0.2) is 0 Å². The van der Waals surface area contributed by atoms with Gasteiger partial charge in [-0.2, -0.15) is 0 Å². The number of ether oxygens (including phenoxy) is 1. The quantitative estimate of drug-likeness (QED) is 0.629. The van der Waals surface area contributed by atoms with Crippen molar-refractivity contribution in [3.05, 3.63) is 46.6 Å². The van der Waals surface area contributed by atoms with E-state index in [0.717, 1.165) is 61.5 Å². The summed E-state index contributed by atoms with van der Waals surface area (Å²) in [5.74, 6) is 1.85. The number of benzene rings is 1. The maximum atomic E-state index is 11.7. The Morgan fingerprint density at radius 3 is 2.86 bits per heavy atom. The summed E-state index contributed by atoms with van der Waals surface area (Å²) >= 11 is 1.67. The minimum atomic E-state index is 0.164. The smallest absolute Gasteiger partial charge is 0.219 e. The van der Waals surface area contributed by atoms with E-state index in [0.29, 0.717) is 6.04 Å². The van der Waals surface area contributed by atoms with Crippen LogP contribution in [0.4, 0.5) is 0 Å². The van der Waals surface area contributed by atoms with Gasteiger partial charge in [0.15, 0.2) is 11.3 Å². The number of methoxy groups -OCH3 is 1. The Morgan fingerprint density at radius 2 is 2.18 bits per heavy atom. The van der Waals surface area contributed by atoms with Gasteiger partial charge in [-0.3, -0.25) is 14.7 Å². The molecule has 0 aliphatic carbocycles. The number of piperidine rings is 1. The Kier molecular flexibility index (Phi) is 5.64. The maximum Gasteiger partial charge on any atom is 0.219 e. The van der Waals surface area contributed by atoms with E-state index in [2.05, 4.69) is 16.0 Å². The molecule has 0 saturated carbocycles. The Morgan fingerprint density at radius 1 is 1.36 bits per heavy atom. The number of hydrogen-bond donors (Lipinski definition) is 0. The van der Waals surface area contributed by atoms with E-state index in [1.807, 2.05) is 34.8 Å². The average Bonchev–Trinajstić information content (AvgIpc) is 3.36. The van der Waals surface area contributed by atoms with E-state index in [4.69, 9.17) is 9.15 Å². The second-order valence-electron chi connectivity index (χ2n) is 7.20. The van der Waals surface area contributed by atoms with Gasteiger partial charge in [-0.05, 0) is 25.0 Å². The number of likely N-dealkylation sites (tertiary alicyclic amines) is 1. The summed E-state index contributed by atoms with van der Waals surface area (Å²) in [6, 6.07) is 8.45. The topological polar surface area (TPSA) is 58.8 Å². The van der Waals surface area contributed by atoms with Gasteiger partial charge in [-0.1, -0.05) is 12.1 Å². The van der Waals surface area contributed by atoms with Gasteiger partial charge < -0.3 is 14.1 Å². The highest BCUT2D eigenvalue weighted by Crippen LogP contribution is 2.30. The normalized spacial score (nSPS) is 15.5. The van der Waals surface area contributed by atoms with Gasteiger partial charge in [0.1, 0.15) is 5.76 Å². The van der Waals surface area contributed by atoms with Crippen molar-refractivity contribution >= 4 is 28.2 Å². The zero-order chi connectivity index (χ0) is 19.5. The van der Waals surface area contributed by atoms with Crippen LogP contribution in [0.5, 0.6) is 5.75 Å². The van der Waals surface area contributed by atoms with Crippen LogP contribution < -0.4 is 4.74 Å². The van der Waals surface area contributed by atoms with Crippen LogP contribution in [0.25, 0.3) is 11.0 Å². The molecule has 0 radical (unpaired) electrons. The van der Waals surface area contributed by atoms with Crippen molar-refractivity contribution < 1.29 is 13.9 Å². The molecular formula is C21H25N3O3S. The van der Waals surface area contributed by atoms with Crippen molar-refractivity contribution in [1.29, 1.82) is 0 Å². The summed E-state index contributed by atoms with van der Waals surface area (Å²) in [6.07, 6.45) is 3.88. The summed E-state index contributed by atoms with van der Waals surface area (Å²) in [7, 11) is 1.66. The van der Waals surface area contributed by atoms with Gasteiger partial charge in [0.05, 0.1) is 19.2 Å². The third-order valence-corrected chi connectivity index (χ3v) is 6.17. The molecule has 0 spiro atoms. The number of para-hydroxylation sites is 1. The van der Waals surface area contributed by atoms with Gasteiger partial charge >= 0.3 is 0 Å². The molecule has 3 heterocycles. The molecule has 4 rings (SSSR count). The van der Waals surface area contributed by atoms with Crippen LogP contribution in [0.3, 0.4) is 0 Å². The fraction of sp³-hybridized carbons (Fsp3) is 0.429. The minimum Gasteiger partial charge on any atom is -0.493 e. The molecule has 28 heavy (non-hydrogen) atoms. The minimum absolute atomic E-state index is 0.164. The van der Waals surface area contributed by atoms with Crippen molar-refractivity contribution in [2.45, 2.75) is 38.9 Å². The number of amides is 1. The molecule has 1 amide bonds. The first-order valence-corrected chi connectivity index (χ1v) is 10.4. The molecule has 1 saturated heterocycles. The number of hydrogen-bond acceptors (Lipinski definition) is 6. The molecule has 0 unspecified atom stereocenters. The number of aromatic nitrogens is 1. The lowest BCUT2D eigenvalue weighted by Crippen LogP contribution is -2.45. The number of nitrogens with zero attached hydrogens (tertiary/aromatic N) is 3. The lowest BCUT2D eigenvalue weighted by Gasteiger charge is -2.37. The number of fused-ring (bicyclic) bond motifs is 1. The monoisotopic (exact) mass is 399 g/mol. The molecule has 6 nitrogen and oxygen atoms in total. The highest BCUT2D eigenvalue weighted by Gasteiger charge is 2.27. The average molecular weight is 400 g/mol. The lowest BCUT2D eigenvalue weighted by atomic mass is 10.0. The molecule has 1 aromatic carbocycles. The van der Waals surface area contributed by atoms with Crippen molar-refractivity contribution in [3.8, 4) is 5.75 Å². The van der Waals surface area contributed by atoms with Gasteiger partial charge in [0.2, 0.25) is 5.91 Å². The summed E-state index contributed by atoms with van der Waals surface area (Å²) in [4.78, 5) is 21.5. The molecule has 2 aromatic heterocycles. The second kappa shape index (κ2) is 8.32. The Labute approximate surface area is 168 Å². The first-order valence-electron chi connectivity index (χ1n) is 9.56. The molecule has 148 valence electrons. The summed E-state index contributed by atoms with van der Waals surface area (Å²) in [5, 5.41) is 1.05. The van der Waals surface area contributed by atoms with Crippen molar-refractivity contribution in [2.75, 3.05) is 20.2 Å². The van der Waals surface area contributed by atoms with Crippen LogP contribution in [-0.2, 0) is 17.9 Å². The summed E-state index contributed by atoms with van der Waals surface area (Å²) in [5.41, 5.74) is 2.67. The Hall–Kier alpha value is -2.38. The van der Waals surface area contributed by atoms with E-state index >= 15 is 0 Å².